The summed E-state index contributed by atoms with van der Waals surface area (Å²) in [6, 6.07) is 1.37. The molecule has 0 bridgehead atoms. The third-order valence-corrected chi connectivity index (χ3v) is 3.79. The zero-order valence-electron chi connectivity index (χ0n) is 10.4. The molecule has 1 aromatic heterocycles. The van der Waals surface area contributed by atoms with Crippen molar-refractivity contribution in [3.05, 3.63) is 11.6 Å². The van der Waals surface area contributed by atoms with E-state index in [0.717, 1.165) is 24.8 Å². The standard InChI is InChI=1S/C12H20N4.ClH/c1-9-13-12-7-6-11(8-16(12)15-9)14-10-4-2-3-5-10;/h10-11,14H,2-8H2,1H3;1H. The Bertz CT molecular complexity index is 371. The molecule has 1 N–H and O–H groups in total. The molecule has 4 nitrogen and oxygen atoms in total. The molecular weight excluding hydrogens is 236 g/mol. The zero-order valence-corrected chi connectivity index (χ0v) is 11.2. The minimum Gasteiger partial charge on any atom is -0.309 e. The lowest BCUT2D eigenvalue weighted by atomic mass is 10.1. The largest absolute Gasteiger partial charge is 0.309 e. The summed E-state index contributed by atoms with van der Waals surface area (Å²) >= 11 is 0. The number of nitrogens with one attached hydrogen (secondary N) is 1. The Kier molecular flexibility index (Phi) is 4.05. The van der Waals surface area contributed by atoms with Gasteiger partial charge in [0.05, 0.1) is 6.54 Å². The van der Waals surface area contributed by atoms with E-state index in [1.807, 2.05) is 6.92 Å². The van der Waals surface area contributed by atoms with Gasteiger partial charge in [-0.1, -0.05) is 12.8 Å². The number of hydrogen-bond donors (Lipinski definition) is 1. The SMILES string of the molecule is Cc1nc2n(n1)CC(NC1CCCC1)CC2.Cl. The molecule has 96 valence electrons. The van der Waals surface area contributed by atoms with Crippen LogP contribution >= 0.6 is 12.4 Å². The lowest BCUT2D eigenvalue weighted by Crippen LogP contribution is -2.42. The summed E-state index contributed by atoms with van der Waals surface area (Å²) in [4.78, 5) is 4.44. The van der Waals surface area contributed by atoms with Crippen LogP contribution in [0.3, 0.4) is 0 Å². The van der Waals surface area contributed by atoms with Crippen molar-refractivity contribution in [3.8, 4) is 0 Å². The van der Waals surface area contributed by atoms with Crippen LogP contribution in [-0.4, -0.2) is 26.8 Å². The van der Waals surface area contributed by atoms with Crippen LogP contribution in [-0.2, 0) is 13.0 Å². The van der Waals surface area contributed by atoms with E-state index < -0.39 is 0 Å². The van der Waals surface area contributed by atoms with Crippen LogP contribution in [0.5, 0.6) is 0 Å². The van der Waals surface area contributed by atoms with E-state index in [-0.39, 0.29) is 12.4 Å². The number of hydrogen-bond acceptors (Lipinski definition) is 3. The third-order valence-electron chi connectivity index (χ3n) is 3.79. The van der Waals surface area contributed by atoms with Gasteiger partial charge in [0, 0.05) is 18.5 Å². The number of fused-ring (bicyclic) bond motifs is 1. The number of nitrogens with zero attached hydrogens (tertiary/aromatic N) is 3. The summed E-state index contributed by atoms with van der Waals surface area (Å²) in [6.45, 7) is 2.98. The van der Waals surface area contributed by atoms with Crippen molar-refractivity contribution in [2.75, 3.05) is 0 Å². The molecule has 0 aromatic carbocycles. The van der Waals surface area contributed by atoms with E-state index in [1.54, 1.807) is 0 Å². The van der Waals surface area contributed by atoms with Crippen LogP contribution < -0.4 is 5.32 Å². The topological polar surface area (TPSA) is 42.7 Å². The third kappa shape index (κ3) is 2.80. The van der Waals surface area contributed by atoms with Crippen LogP contribution in [0.25, 0.3) is 0 Å². The average Bonchev–Trinajstić information content (AvgIpc) is 2.85. The molecule has 1 aliphatic heterocycles. The second-order valence-corrected chi connectivity index (χ2v) is 5.14. The number of aryl methyl sites for hydroxylation is 2. The molecule has 1 fully saturated rings. The van der Waals surface area contributed by atoms with E-state index in [1.165, 1.54) is 37.9 Å². The monoisotopic (exact) mass is 256 g/mol. The molecule has 2 heterocycles. The summed E-state index contributed by atoms with van der Waals surface area (Å²) in [5.41, 5.74) is 0. The van der Waals surface area contributed by atoms with Gasteiger partial charge in [0.15, 0.2) is 0 Å². The Morgan fingerprint density at radius 3 is 2.71 bits per heavy atom. The molecule has 1 saturated carbocycles. The smallest absolute Gasteiger partial charge is 0.147 e. The first kappa shape index (κ1) is 12.8. The first-order valence-corrected chi connectivity index (χ1v) is 6.47. The number of rotatable bonds is 2. The van der Waals surface area contributed by atoms with Crippen molar-refractivity contribution in [1.82, 2.24) is 20.1 Å². The predicted molar refractivity (Wildman–Crippen MR) is 69.5 cm³/mol. The van der Waals surface area contributed by atoms with Crippen molar-refractivity contribution in [2.24, 2.45) is 0 Å². The summed E-state index contributed by atoms with van der Waals surface area (Å²) in [5.74, 6) is 2.08. The van der Waals surface area contributed by atoms with Gasteiger partial charge in [-0.25, -0.2) is 9.67 Å². The summed E-state index contributed by atoms with van der Waals surface area (Å²) < 4.78 is 2.09. The first-order valence-electron chi connectivity index (χ1n) is 6.47. The van der Waals surface area contributed by atoms with Gasteiger partial charge in [-0.05, 0) is 26.2 Å². The lowest BCUT2D eigenvalue weighted by Gasteiger charge is -2.26. The van der Waals surface area contributed by atoms with Crippen LogP contribution in [0.2, 0.25) is 0 Å². The molecule has 17 heavy (non-hydrogen) atoms. The highest BCUT2D eigenvalue weighted by atomic mass is 35.5. The molecule has 1 aromatic rings. The Labute approximate surface area is 109 Å². The molecule has 2 aliphatic rings. The fourth-order valence-corrected chi connectivity index (χ4v) is 3.00. The molecule has 1 unspecified atom stereocenters. The highest BCUT2D eigenvalue weighted by Crippen LogP contribution is 2.20. The minimum absolute atomic E-state index is 0. The molecule has 1 aliphatic carbocycles. The maximum absolute atomic E-state index is 4.44. The molecule has 0 radical (unpaired) electrons. The van der Waals surface area contributed by atoms with E-state index in [2.05, 4.69) is 20.1 Å². The molecule has 1 atom stereocenters. The number of halogens is 1. The van der Waals surface area contributed by atoms with Gasteiger partial charge in [-0.3, -0.25) is 0 Å². The molecule has 0 amide bonds. The molecule has 0 saturated heterocycles. The van der Waals surface area contributed by atoms with Gasteiger partial charge in [0.25, 0.3) is 0 Å². The molecule has 3 rings (SSSR count). The Morgan fingerprint density at radius 1 is 1.18 bits per heavy atom. The van der Waals surface area contributed by atoms with Crippen molar-refractivity contribution in [2.45, 2.75) is 64.1 Å². The molecule has 5 heteroatoms. The molecular formula is C12H21ClN4. The Morgan fingerprint density at radius 2 is 1.94 bits per heavy atom. The van der Waals surface area contributed by atoms with Gasteiger partial charge in [0.2, 0.25) is 0 Å². The maximum Gasteiger partial charge on any atom is 0.147 e. The fourth-order valence-electron chi connectivity index (χ4n) is 3.00. The van der Waals surface area contributed by atoms with E-state index in [4.69, 9.17) is 0 Å². The van der Waals surface area contributed by atoms with Crippen molar-refractivity contribution in [1.29, 1.82) is 0 Å². The highest BCUT2D eigenvalue weighted by Gasteiger charge is 2.24. The number of aromatic nitrogens is 3. The van der Waals surface area contributed by atoms with Crippen LogP contribution in [0.15, 0.2) is 0 Å². The van der Waals surface area contributed by atoms with Gasteiger partial charge in [0.1, 0.15) is 11.6 Å². The lowest BCUT2D eigenvalue weighted by molar-refractivity contribution is 0.326. The van der Waals surface area contributed by atoms with E-state index >= 15 is 0 Å². The predicted octanol–water partition coefficient (Wildman–Crippen LogP) is 1.86. The second kappa shape index (κ2) is 5.36. The summed E-state index contributed by atoms with van der Waals surface area (Å²) in [5, 5.41) is 8.22. The fraction of sp³-hybridized carbons (Fsp3) is 0.833. The van der Waals surface area contributed by atoms with Crippen molar-refractivity contribution < 1.29 is 0 Å². The van der Waals surface area contributed by atoms with Crippen LogP contribution in [0, 0.1) is 6.92 Å². The van der Waals surface area contributed by atoms with E-state index in [9.17, 15) is 0 Å². The van der Waals surface area contributed by atoms with Crippen LogP contribution in [0.1, 0.15) is 43.8 Å². The van der Waals surface area contributed by atoms with Crippen molar-refractivity contribution in [3.63, 3.8) is 0 Å². The summed E-state index contributed by atoms with van der Waals surface area (Å²) in [7, 11) is 0. The van der Waals surface area contributed by atoms with E-state index in [0.29, 0.717) is 6.04 Å². The minimum atomic E-state index is 0. The Balaban J connectivity index is 0.00000108. The zero-order chi connectivity index (χ0) is 11.0. The quantitative estimate of drug-likeness (QED) is 0.878. The maximum atomic E-state index is 4.44. The van der Waals surface area contributed by atoms with Gasteiger partial charge >= 0.3 is 0 Å². The Hall–Kier alpha value is -0.610. The second-order valence-electron chi connectivity index (χ2n) is 5.14. The molecule has 0 spiro atoms. The van der Waals surface area contributed by atoms with Crippen molar-refractivity contribution >= 4 is 12.4 Å². The van der Waals surface area contributed by atoms with Gasteiger partial charge in [-0.2, -0.15) is 5.10 Å². The van der Waals surface area contributed by atoms with Crippen LogP contribution in [0.4, 0.5) is 0 Å². The average molecular weight is 257 g/mol. The normalized spacial score (nSPS) is 24.4. The highest BCUT2D eigenvalue weighted by molar-refractivity contribution is 5.85. The van der Waals surface area contributed by atoms with Gasteiger partial charge < -0.3 is 5.32 Å². The summed E-state index contributed by atoms with van der Waals surface area (Å²) in [6.07, 6.45) is 7.81. The van der Waals surface area contributed by atoms with Gasteiger partial charge in [-0.15, -0.1) is 12.4 Å². The first-order chi connectivity index (χ1) is 7.81.